The molecular weight excluding hydrogens is 486 g/mol. The van der Waals surface area contributed by atoms with Crippen LogP contribution >= 0.6 is 12.6 Å². The van der Waals surface area contributed by atoms with Crippen LogP contribution in [-0.2, 0) is 16.4 Å². The van der Waals surface area contributed by atoms with Gasteiger partial charge in [0.2, 0.25) is 0 Å². The van der Waals surface area contributed by atoms with Crippen LogP contribution in [0.3, 0.4) is 0 Å². The number of thiol groups is 1. The fraction of sp³-hybridized carbons (Fsp3) is 0.138. The summed E-state index contributed by atoms with van der Waals surface area (Å²) in [6, 6.07) is 28.9. The molecule has 0 bridgehead atoms. The lowest BCUT2D eigenvalue weighted by atomic mass is 9.90. The van der Waals surface area contributed by atoms with Crippen molar-refractivity contribution in [1.29, 1.82) is 5.26 Å². The maximum absolute atomic E-state index is 11.8. The molecule has 0 fully saturated rings. The minimum atomic E-state index is -3.25. The molecule has 3 N–H and O–H groups in total. The Morgan fingerprint density at radius 3 is 2.42 bits per heavy atom. The van der Waals surface area contributed by atoms with E-state index in [1.54, 1.807) is 30.5 Å². The molecule has 0 saturated heterocycles. The highest BCUT2D eigenvalue weighted by molar-refractivity contribution is 7.90. The Balaban J connectivity index is 1.73. The van der Waals surface area contributed by atoms with E-state index in [0.29, 0.717) is 17.9 Å². The lowest BCUT2D eigenvalue weighted by Gasteiger charge is -2.23. The third kappa shape index (κ3) is 5.47. The van der Waals surface area contributed by atoms with Crippen molar-refractivity contribution in [2.45, 2.75) is 17.5 Å². The van der Waals surface area contributed by atoms with E-state index < -0.39 is 9.84 Å². The van der Waals surface area contributed by atoms with Crippen LogP contribution in [-0.4, -0.2) is 20.4 Å². The summed E-state index contributed by atoms with van der Waals surface area (Å²) in [6.07, 6.45) is 2.76. The molecule has 0 aliphatic heterocycles. The third-order valence-corrected chi connectivity index (χ3v) is 7.70. The second-order valence-electron chi connectivity index (χ2n) is 8.57. The number of nitriles is 1. The number of fused-ring (bicyclic) bond motifs is 1. The van der Waals surface area contributed by atoms with Crippen LogP contribution in [0, 0.1) is 11.3 Å². The van der Waals surface area contributed by atoms with Gasteiger partial charge in [0.05, 0.1) is 22.6 Å². The van der Waals surface area contributed by atoms with E-state index in [2.05, 4.69) is 42.2 Å². The first-order chi connectivity index (χ1) is 17.4. The average Bonchev–Trinajstić information content (AvgIpc) is 2.90. The molecule has 7 heteroatoms. The molecule has 5 nitrogen and oxygen atoms in total. The maximum Gasteiger partial charge on any atom is 0.175 e. The molecule has 4 rings (SSSR count). The van der Waals surface area contributed by atoms with Crippen molar-refractivity contribution in [2.75, 3.05) is 12.0 Å². The van der Waals surface area contributed by atoms with Gasteiger partial charge < -0.3 is 11.1 Å². The molecule has 1 unspecified atom stereocenters. The first kappa shape index (κ1) is 25.5. The first-order valence-electron chi connectivity index (χ1n) is 11.4. The number of nitrogens with two attached hydrogens (primary N) is 1. The van der Waals surface area contributed by atoms with Gasteiger partial charge in [-0.3, -0.25) is 0 Å². The summed E-state index contributed by atoms with van der Waals surface area (Å²) in [5.41, 5.74) is 11.2. The van der Waals surface area contributed by atoms with Gasteiger partial charge in [0.25, 0.3) is 0 Å². The monoisotopic (exact) mass is 513 g/mol. The molecule has 182 valence electrons. The molecule has 0 saturated carbocycles. The minimum absolute atomic E-state index is 0.247. The second-order valence-corrected chi connectivity index (χ2v) is 10.9. The zero-order valence-electron chi connectivity index (χ0n) is 19.8. The molecule has 0 aliphatic carbocycles. The Morgan fingerprint density at radius 2 is 1.75 bits per heavy atom. The Hall–Kier alpha value is -3.57. The van der Waals surface area contributed by atoms with E-state index in [4.69, 9.17) is 5.73 Å². The summed E-state index contributed by atoms with van der Waals surface area (Å²) < 4.78 is 23.6. The Kier molecular flexibility index (Phi) is 7.80. The van der Waals surface area contributed by atoms with Crippen LogP contribution in [0.5, 0.6) is 0 Å². The molecule has 1 atom stereocenters. The quantitative estimate of drug-likeness (QED) is 0.275. The van der Waals surface area contributed by atoms with Crippen LogP contribution in [0.15, 0.2) is 102 Å². The first-order valence-corrected chi connectivity index (χ1v) is 13.9. The molecular formula is C29H27N3O2S2. The lowest BCUT2D eigenvalue weighted by Crippen LogP contribution is -2.24. The van der Waals surface area contributed by atoms with Crippen LogP contribution in [0.1, 0.15) is 22.7 Å². The number of hydrogen-bond donors (Lipinski definition) is 3. The van der Waals surface area contributed by atoms with E-state index in [1.807, 2.05) is 42.5 Å². The Labute approximate surface area is 217 Å². The molecule has 0 amide bonds. The topological polar surface area (TPSA) is 96.0 Å². The van der Waals surface area contributed by atoms with Gasteiger partial charge in [-0.05, 0) is 63.5 Å². The van der Waals surface area contributed by atoms with Gasteiger partial charge >= 0.3 is 0 Å². The van der Waals surface area contributed by atoms with E-state index in [9.17, 15) is 13.7 Å². The van der Waals surface area contributed by atoms with Crippen molar-refractivity contribution < 1.29 is 8.42 Å². The number of nitrogens with zero attached hydrogens (tertiary/aromatic N) is 1. The van der Waals surface area contributed by atoms with Gasteiger partial charge in [-0.25, -0.2) is 8.42 Å². The summed E-state index contributed by atoms with van der Waals surface area (Å²) in [5, 5.41) is 15.6. The van der Waals surface area contributed by atoms with Crippen LogP contribution in [0.4, 0.5) is 0 Å². The standard InChI is InChI=1S/C29H27N3O2S2/c1-36(33,34)25-13-9-20(10-14-25)18-32-29(24(17-31)19-35)22-11-12-23(16-30)28(15-22)27-8-4-6-21-5-2-3-7-26(21)27/h2-15,17,29,32,35H,18-19,31H2,1H3/b24-17+. The van der Waals surface area contributed by atoms with Crippen molar-refractivity contribution >= 4 is 33.2 Å². The Bertz CT molecular complexity index is 1570. The van der Waals surface area contributed by atoms with Crippen LogP contribution in [0.25, 0.3) is 21.9 Å². The van der Waals surface area contributed by atoms with Crippen molar-refractivity contribution in [3.05, 3.63) is 113 Å². The molecule has 4 aromatic carbocycles. The van der Waals surface area contributed by atoms with Crippen LogP contribution in [0.2, 0.25) is 0 Å². The summed E-state index contributed by atoms with van der Waals surface area (Å²) >= 11 is 4.49. The van der Waals surface area contributed by atoms with Gasteiger partial charge in [-0.15, -0.1) is 0 Å². The van der Waals surface area contributed by atoms with E-state index >= 15 is 0 Å². The fourth-order valence-corrected chi connectivity index (χ4v) is 5.22. The average molecular weight is 514 g/mol. The highest BCUT2D eigenvalue weighted by atomic mass is 32.2. The van der Waals surface area contributed by atoms with Gasteiger partial charge in [-0.2, -0.15) is 17.9 Å². The SMILES string of the molecule is CS(=O)(=O)c1ccc(CNC(/C(=C/N)CS)c2ccc(C#N)c(-c3cccc4ccccc34)c2)cc1. The molecule has 0 spiro atoms. The third-order valence-electron chi connectivity index (χ3n) is 6.21. The van der Waals surface area contributed by atoms with Crippen molar-refractivity contribution in [1.82, 2.24) is 5.32 Å². The summed E-state index contributed by atoms with van der Waals surface area (Å²) in [5.74, 6) is 0.449. The summed E-state index contributed by atoms with van der Waals surface area (Å²) in [4.78, 5) is 0.285. The van der Waals surface area contributed by atoms with Gasteiger partial charge in [0.15, 0.2) is 9.84 Å². The largest absolute Gasteiger partial charge is 0.405 e. The minimum Gasteiger partial charge on any atom is -0.405 e. The normalized spacial score (nSPS) is 12.9. The second kappa shape index (κ2) is 11.0. The van der Waals surface area contributed by atoms with Crippen molar-refractivity contribution in [3.63, 3.8) is 0 Å². The fourth-order valence-electron chi connectivity index (χ4n) is 4.30. The molecule has 0 heterocycles. The highest BCUT2D eigenvalue weighted by Gasteiger charge is 2.19. The smallest absolute Gasteiger partial charge is 0.175 e. The van der Waals surface area contributed by atoms with E-state index in [0.717, 1.165) is 38.6 Å². The number of hydrogen-bond acceptors (Lipinski definition) is 6. The van der Waals surface area contributed by atoms with E-state index in [1.165, 1.54) is 6.26 Å². The van der Waals surface area contributed by atoms with Crippen molar-refractivity contribution in [3.8, 4) is 17.2 Å². The highest BCUT2D eigenvalue weighted by Crippen LogP contribution is 2.34. The molecule has 36 heavy (non-hydrogen) atoms. The van der Waals surface area contributed by atoms with Gasteiger partial charge in [0, 0.05) is 24.1 Å². The maximum atomic E-state index is 11.8. The number of sulfone groups is 1. The molecule has 0 aliphatic rings. The number of rotatable bonds is 8. The number of benzene rings is 4. The molecule has 0 aromatic heterocycles. The number of nitrogens with one attached hydrogen (secondary N) is 1. The van der Waals surface area contributed by atoms with Gasteiger partial charge in [-0.1, -0.05) is 60.7 Å². The zero-order chi connectivity index (χ0) is 25.7. The zero-order valence-corrected chi connectivity index (χ0v) is 21.6. The molecule has 4 aromatic rings. The van der Waals surface area contributed by atoms with Crippen molar-refractivity contribution in [2.24, 2.45) is 5.73 Å². The predicted molar refractivity (Wildman–Crippen MR) is 149 cm³/mol. The Morgan fingerprint density at radius 1 is 1.03 bits per heavy atom. The molecule has 0 radical (unpaired) electrons. The summed E-state index contributed by atoms with van der Waals surface area (Å²) in [6.45, 7) is 0.490. The van der Waals surface area contributed by atoms with E-state index in [-0.39, 0.29) is 10.9 Å². The van der Waals surface area contributed by atoms with Gasteiger partial charge in [0.1, 0.15) is 0 Å². The summed E-state index contributed by atoms with van der Waals surface area (Å²) in [7, 11) is -3.25. The van der Waals surface area contributed by atoms with Crippen LogP contribution < -0.4 is 11.1 Å². The lowest BCUT2D eigenvalue weighted by molar-refractivity contribution is 0.594. The predicted octanol–water partition coefficient (Wildman–Crippen LogP) is 5.39.